The predicted octanol–water partition coefficient (Wildman–Crippen LogP) is 1.31. The second-order valence-electron chi connectivity index (χ2n) is 4.70. The van der Waals surface area contributed by atoms with Crippen molar-refractivity contribution in [2.75, 3.05) is 6.61 Å². The lowest BCUT2D eigenvalue weighted by molar-refractivity contribution is -0.153. The van der Waals surface area contributed by atoms with Crippen molar-refractivity contribution in [1.82, 2.24) is 0 Å². The van der Waals surface area contributed by atoms with Crippen LogP contribution in [0.1, 0.15) is 24.0 Å². The SMILES string of the molecule is O=C1CC(C(=O)O)(c2ccc3c(c2)CCO3)C1. The van der Waals surface area contributed by atoms with E-state index >= 15 is 0 Å². The third-order valence-electron chi connectivity index (χ3n) is 3.65. The van der Waals surface area contributed by atoms with Crippen LogP contribution >= 0.6 is 0 Å². The summed E-state index contributed by atoms with van der Waals surface area (Å²) in [5.74, 6) is -0.0555. The first kappa shape index (κ1) is 10.3. The summed E-state index contributed by atoms with van der Waals surface area (Å²) in [5, 5.41) is 9.32. The summed E-state index contributed by atoms with van der Waals surface area (Å²) in [6, 6.07) is 5.46. The Balaban J connectivity index is 2.03. The minimum absolute atomic E-state index is 0.0177. The van der Waals surface area contributed by atoms with Crippen molar-refractivity contribution in [2.24, 2.45) is 0 Å². The molecule has 0 atom stereocenters. The average Bonchev–Trinajstić information content (AvgIpc) is 2.70. The number of aliphatic carboxylic acids is 1. The maximum Gasteiger partial charge on any atom is 0.315 e. The van der Waals surface area contributed by atoms with E-state index in [1.165, 1.54) is 0 Å². The zero-order valence-electron chi connectivity index (χ0n) is 9.23. The molecule has 0 radical (unpaired) electrons. The van der Waals surface area contributed by atoms with Gasteiger partial charge in [0.1, 0.15) is 16.9 Å². The molecule has 1 fully saturated rings. The van der Waals surface area contributed by atoms with E-state index in [1.807, 2.05) is 12.1 Å². The second kappa shape index (κ2) is 3.32. The van der Waals surface area contributed by atoms with Gasteiger partial charge in [0.2, 0.25) is 0 Å². The van der Waals surface area contributed by atoms with Crippen LogP contribution in [0.2, 0.25) is 0 Å². The van der Waals surface area contributed by atoms with Crippen LogP contribution in [0.3, 0.4) is 0 Å². The highest BCUT2D eigenvalue weighted by Crippen LogP contribution is 2.43. The summed E-state index contributed by atoms with van der Waals surface area (Å²) >= 11 is 0. The lowest BCUT2D eigenvalue weighted by Gasteiger charge is -2.36. The zero-order valence-corrected chi connectivity index (χ0v) is 9.23. The van der Waals surface area contributed by atoms with Crippen molar-refractivity contribution in [3.05, 3.63) is 29.3 Å². The third-order valence-corrected chi connectivity index (χ3v) is 3.65. The van der Waals surface area contributed by atoms with Crippen LogP contribution in [-0.2, 0) is 21.4 Å². The number of hydrogen-bond acceptors (Lipinski definition) is 3. The molecular weight excluding hydrogens is 220 g/mol. The second-order valence-corrected chi connectivity index (χ2v) is 4.70. The Hall–Kier alpha value is -1.84. The maximum atomic E-state index is 11.4. The molecule has 1 aliphatic carbocycles. The van der Waals surface area contributed by atoms with E-state index in [0.29, 0.717) is 6.61 Å². The highest BCUT2D eigenvalue weighted by Gasteiger charge is 2.51. The molecule has 17 heavy (non-hydrogen) atoms. The van der Waals surface area contributed by atoms with Gasteiger partial charge in [0.25, 0.3) is 0 Å². The number of hydrogen-bond donors (Lipinski definition) is 1. The Morgan fingerprint density at radius 3 is 2.76 bits per heavy atom. The molecule has 0 saturated heterocycles. The molecule has 1 saturated carbocycles. The Labute approximate surface area is 98.2 Å². The van der Waals surface area contributed by atoms with Crippen LogP contribution in [0.15, 0.2) is 18.2 Å². The van der Waals surface area contributed by atoms with Gasteiger partial charge in [-0.15, -0.1) is 0 Å². The molecule has 1 aromatic carbocycles. The molecule has 4 nitrogen and oxygen atoms in total. The normalized spacial score (nSPS) is 20.4. The van der Waals surface area contributed by atoms with E-state index in [0.717, 1.165) is 23.3 Å². The van der Waals surface area contributed by atoms with Crippen molar-refractivity contribution >= 4 is 11.8 Å². The number of carboxylic acid groups (broad SMARTS) is 1. The van der Waals surface area contributed by atoms with Gasteiger partial charge in [-0.3, -0.25) is 9.59 Å². The molecule has 3 rings (SSSR count). The third kappa shape index (κ3) is 1.37. The topological polar surface area (TPSA) is 63.6 Å². The summed E-state index contributed by atoms with van der Waals surface area (Å²) in [4.78, 5) is 22.5. The Bertz CT molecular complexity index is 510. The summed E-state index contributed by atoms with van der Waals surface area (Å²) in [5.41, 5.74) is 0.783. The number of ether oxygens (including phenoxy) is 1. The standard InChI is InChI=1S/C13H12O4/c14-10-6-13(7-10,12(15)16)9-1-2-11-8(5-9)3-4-17-11/h1-2,5H,3-4,6-7H2,(H,15,16). The number of ketones is 1. The first-order chi connectivity index (χ1) is 8.12. The van der Waals surface area contributed by atoms with E-state index < -0.39 is 11.4 Å². The van der Waals surface area contributed by atoms with Crippen LogP contribution < -0.4 is 4.74 Å². The van der Waals surface area contributed by atoms with Crippen LogP contribution in [0.4, 0.5) is 0 Å². The first-order valence-electron chi connectivity index (χ1n) is 5.63. The van der Waals surface area contributed by atoms with Crippen LogP contribution in [0.25, 0.3) is 0 Å². The summed E-state index contributed by atoms with van der Waals surface area (Å²) in [6.07, 6.45) is 1.04. The maximum absolute atomic E-state index is 11.4. The van der Waals surface area contributed by atoms with Crippen molar-refractivity contribution < 1.29 is 19.4 Å². The van der Waals surface area contributed by atoms with Gasteiger partial charge >= 0.3 is 5.97 Å². The number of carbonyl (C=O) groups is 2. The van der Waals surface area contributed by atoms with E-state index in [-0.39, 0.29) is 18.6 Å². The average molecular weight is 232 g/mol. The van der Waals surface area contributed by atoms with Gasteiger partial charge in [-0.1, -0.05) is 12.1 Å². The van der Waals surface area contributed by atoms with Gasteiger partial charge in [0.05, 0.1) is 6.61 Å². The van der Waals surface area contributed by atoms with Crippen LogP contribution in [0, 0.1) is 0 Å². The number of rotatable bonds is 2. The van der Waals surface area contributed by atoms with Crippen molar-refractivity contribution in [3.63, 3.8) is 0 Å². The number of carboxylic acids is 1. The summed E-state index contributed by atoms with van der Waals surface area (Å²) < 4.78 is 5.38. The van der Waals surface area contributed by atoms with E-state index in [9.17, 15) is 14.7 Å². The lowest BCUT2D eigenvalue weighted by Crippen LogP contribution is -2.48. The lowest BCUT2D eigenvalue weighted by atomic mass is 9.63. The smallest absolute Gasteiger partial charge is 0.315 e. The minimum atomic E-state index is -0.991. The Morgan fingerprint density at radius 2 is 2.12 bits per heavy atom. The van der Waals surface area contributed by atoms with Gasteiger partial charge in [-0.05, 0) is 17.2 Å². The molecule has 1 aromatic rings. The van der Waals surface area contributed by atoms with Crippen molar-refractivity contribution in [2.45, 2.75) is 24.7 Å². The number of benzene rings is 1. The molecule has 2 aliphatic rings. The van der Waals surface area contributed by atoms with Crippen molar-refractivity contribution in [3.8, 4) is 5.75 Å². The highest BCUT2D eigenvalue weighted by molar-refractivity contribution is 6.01. The largest absolute Gasteiger partial charge is 0.493 e. The van der Waals surface area contributed by atoms with Gasteiger partial charge in [-0.2, -0.15) is 0 Å². The van der Waals surface area contributed by atoms with Gasteiger partial charge < -0.3 is 9.84 Å². The number of fused-ring (bicyclic) bond motifs is 1. The number of carbonyl (C=O) groups excluding carboxylic acids is 1. The quantitative estimate of drug-likeness (QED) is 0.835. The highest BCUT2D eigenvalue weighted by atomic mass is 16.5. The van der Waals surface area contributed by atoms with Crippen LogP contribution in [-0.4, -0.2) is 23.5 Å². The summed E-state index contributed by atoms with van der Waals surface area (Å²) in [6.45, 7) is 0.651. The van der Waals surface area contributed by atoms with Gasteiger partial charge in [-0.25, -0.2) is 0 Å². The summed E-state index contributed by atoms with van der Waals surface area (Å²) in [7, 11) is 0. The molecule has 1 aliphatic heterocycles. The van der Waals surface area contributed by atoms with Crippen LogP contribution in [0.5, 0.6) is 5.75 Å². The molecular formula is C13H12O4. The minimum Gasteiger partial charge on any atom is -0.493 e. The van der Waals surface area contributed by atoms with Gasteiger partial charge in [0, 0.05) is 19.3 Å². The molecule has 0 unspecified atom stereocenters. The predicted molar refractivity (Wildman–Crippen MR) is 59.2 cm³/mol. The molecule has 1 N–H and O–H groups in total. The molecule has 0 aromatic heterocycles. The van der Waals surface area contributed by atoms with Crippen molar-refractivity contribution in [1.29, 1.82) is 0 Å². The molecule has 4 heteroatoms. The van der Waals surface area contributed by atoms with E-state index in [1.54, 1.807) is 6.07 Å². The molecule has 0 bridgehead atoms. The monoisotopic (exact) mass is 232 g/mol. The fraction of sp³-hybridized carbons (Fsp3) is 0.385. The molecule has 0 spiro atoms. The first-order valence-corrected chi connectivity index (χ1v) is 5.63. The fourth-order valence-electron chi connectivity index (χ4n) is 2.58. The Morgan fingerprint density at radius 1 is 1.35 bits per heavy atom. The van der Waals surface area contributed by atoms with E-state index in [2.05, 4.69) is 0 Å². The Kier molecular flexibility index (Phi) is 2.02. The number of Topliss-reactive ketones (excluding diaryl/α,β-unsaturated/α-hetero) is 1. The molecule has 88 valence electrons. The molecule has 0 amide bonds. The molecule has 1 heterocycles. The fourth-order valence-corrected chi connectivity index (χ4v) is 2.58. The zero-order chi connectivity index (χ0) is 12.0. The van der Waals surface area contributed by atoms with Gasteiger partial charge in [0.15, 0.2) is 0 Å². The van der Waals surface area contributed by atoms with E-state index in [4.69, 9.17) is 4.74 Å².